The van der Waals surface area contributed by atoms with Gasteiger partial charge in [-0.25, -0.2) is 9.59 Å². The van der Waals surface area contributed by atoms with Crippen LogP contribution in [0.5, 0.6) is 0 Å². The van der Waals surface area contributed by atoms with Gasteiger partial charge in [-0.15, -0.1) is 0 Å². The molecule has 8 heteroatoms. The van der Waals surface area contributed by atoms with Crippen molar-refractivity contribution in [3.63, 3.8) is 0 Å². The second-order valence-corrected chi connectivity index (χ2v) is 9.69. The molecule has 0 saturated carbocycles. The van der Waals surface area contributed by atoms with E-state index in [-0.39, 0.29) is 13.2 Å². The van der Waals surface area contributed by atoms with Gasteiger partial charge in [0.2, 0.25) is 0 Å². The van der Waals surface area contributed by atoms with Gasteiger partial charge in [0, 0.05) is 43.9 Å². The number of hydrogen-bond acceptors (Lipinski definition) is 6. The number of rotatable bonds is 8. The molecule has 0 unspecified atom stereocenters. The lowest BCUT2D eigenvalue weighted by molar-refractivity contribution is 0.0460. The fourth-order valence-electron chi connectivity index (χ4n) is 2.76. The molecule has 2 atom stereocenters. The zero-order valence-corrected chi connectivity index (χ0v) is 19.2. The van der Waals surface area contributed by atoms with Crippen LogP contribution >= 0.6 is 0 Å². The van der Waals surface area contributed by atoms with E-state index >= 15 is 0 Å². The molecule has 0 saturated heterocycles. The SMILES string of the molecule is C[S@](=O)c1ccc(C(=O)OCc2ccc(COC(=O)c3ccc([S@](C)=O)cc3)cc2)cc1. The molecule has 0 radical (unpaired) electrons. The summed E-state index contributed by atoms with van der Waals surface area (Å²) in [6, 6.07) is 20.1. The topological polar surface area (TPSA) is 86.7 Å². The Morgan fingerprint density at radius 1 is 0.594 bits per heavy atom. The Morgan fingerprint density at radius 2 is 0.906 bits per heavy atom. The molecule has 0 aliphatic heterocycles. The van der Waals surface area contributed by atoms with Crippen LogP contribution in [0.25, 0.3) is 0 Å². The molecule has 166 valence electrons. The van der Waals surface area contributed by atoms with Gasteiger partial charge in [0.15, 0.2) is 0 Å². The van der Waals surface area contributed by atoms with Crippen LogP contribution in [0.4, 0.5) is 0 Å². The summed E-state index contributed by atoms with van der Waals surface area (Å²) >= 11 is 0. The lowest BCUT2D eigenvalue weighted by Crippen LogP contribution is -2.06. The van der Waals surface area contributed by atoms with Crippen molar-refractivity contribution in [1.29, 1.82) is 0 Å². The Morgan fingerprint density at radius 3 is 1.19 bits per heavy atom. The number of carbonyl (C=O) groups is 2. The van der Waals surface area contributed by atoms with E-state index in [1.54, 1.807) is 85.3 Å². The number of carbonyl (C=O) groups excluding carboxylic acids is 2. The van der Waals surface area contributed by atoms with Crippen LogP contribution in [0.3, 0.4) is 0 Å². The fourth-order valence-corrected chi connectivity index (χ4v) is 3.80. The Labute approximate surface area is 191 Å². The first-order chi connectivity index (χ1) is 15.3. The van der Waals surface area contributed by atoms with Crippen molar-refractivity contribution in [1.82, 2.24) is 0 Å². The van der Waals surface area contributed by atoms with Gasteiger partial charge in [-0.1, -0.05) is 24.3 Å². The molecule has 6 nitrogen and oxygen atoms in total. The van der Waals surface area contributed by atoms with Gasteiger partial charge in [0.25, 0.3) is 0 Å². The molecule has 0 aliphatic carbocycles. The van der Waals surface area contributed by atoms with Crippen molar-refractivity contribution in [3.8, 4) is 0 Å². The molecule has 3 aromatic carbocycles. The molecule has 0 aliphatic rings. The quantitative estimate of drug-likeness (QED) is 0.465. The van der Waals surface area contributed by atoms with Crippen molar-refractivity contribution < 1.29 is 27.5 Å². The lowest BCUT2D eigenvalue weighted by atomic mass is 10.1. The monoisotopic (exact) mass is 470 g/mol. The molecule has 0 amide bonds. The van der Waals surface area contributed by atoms with E-state index in [9.17, 15) is 18.0 Å². The first-order valence-corrected chi connectivity index (χ1v) is 12.7. The number of hydrogen-bond donors (Lipinski definition) is 0. The smallest absolute Gasteiger partial charge is 0.338 e. The third kappa shape index (κ3) is 6.45. The first kappa shape index (κ1) is 23.6. The molecular formula is C24H22O6S2. The highest BCUT2D eigenvalue weighted by atomic mass is 32.2. The summed E-state index contributed by atoms with van der Waals surface area (Å²) in [7, 11) is -2.20. The van der Waals surface area contributed by atoms with E-state index in [1.807, 2.05) is 0 Å². The van der Waals surface area contributed by atoms with Crippen LogP contribution in [-0.4, -0.2) is 32.9 Å². The highest BCUT2D eigenvalue weighted by Crippen LogP contribution is 2.13. The number of ether oxygens (including phenoxy) is 2. The summed E-state index contributed by atoms with van der Waals surface area (Å²) in [5.41, 5.74) is 2.37. The maximum atomic E-state index is 12.2. The predicted molar refractivity (Wildman–Crippen MR) is 122 cm³/mol. The average Bonchev–Trinajstić information content (AvgIpc) is 2.81. The zero-order chi connectivity index (χ0) is 23.1. The summed E-state index contributed by atoms with van der Waals surface area (Å²) in [6.07, 6.45) is 3.15. The summed E-state index contributed by atoms with van der Waals surface area (Å²) in [5.74, 6) is -0.927. The van der Waals surface area contributed by atoms with Gasteiger partial charge in [0.1, 0.15) is 13.2 Å². The van der Waals surface area contributed by atoms with Crippen molar-refractivity contribution in [2.24, 2.45) is 0 Å². The highest BCUT2D eigenvalue weighted by Gasteiger charge is 2.10. The maximum absolute atomic E-state index is 12.2. The number of esters is 2. The van der Waals surface area contributed by atoms with Crippen LogP contribution < -0.4 is 0 Å². The third-order valence-corrected chi connectivity index (χ3v) is 6.48. The number of benzene rings is 3. The van der Waals surface area contributed by atoms with Crippen LogP contribution in [0.2, 0.25) is 0 Å². The van der Waals surface area contributed by atoms with Crippen molar-refractivity contribution in [2.75, 3.05) is 12.5 Å². The van der Waals surface area contributed by atoms with Gasteiger partial charge < -0.3 is 9.47 Å². The summed E-state index contributed by atoms with van der Waals surface area (Å²) < 4.78 is 33.5. The average molecular weight is 471 g/mol. The van der Waals surface area contributed by atoms with Crippen molar-refractivity contribution in [2.45, 2.75) is 23.0 Å². The molecule has 0 bridgehead atoms. The summed E-state index contributed by atoms with van der Waals surface area (Å²) in [6.45, 7) is 0.205. The van der Waals surface area contributed by atoms with Crippen LogP contribution in [0, 0.1) is 0 Å². The summed E-state index contributed by atoms with van der Waals surface area (Å²) in [5, 5.41) is 0. The largest absolute Gasteiger partial charge is 0.457 e. The minimum Gasteiger partial charge on any atom is -0.457 e. The van der Waals surface area contributed by atoms with Gasteiger partial charge >= 0.3 is 11.9 Å². The van der Waals surface area contributed by atoms with Crippen molar-refractivity contribution >= 4 is 33.5 Å². The van der Waals surface area contributed by atoms with Crippen LogP contribution in [-0.2, 0) is 44.3 Å². The molecule has 0 N–H and O–H groups in total. The molecule has 3 rings (SSSR count). The second kappa shape index (κ2) is 11.0. The highest BCUT2D eigenvalue weighted by molar-refractivity contribution is 7.84. The molecule has 0 heterocycles. The van der Waals surface area contributed by atoms with Gasteiger partial charge in [-0.2, -0.15) is 0 Å². The Hall–Kier alpha value is -3.10. The third-order valence-electron chi connectivity index (χ3n) is 4.61. The molecule has 32 heavy (non-hydrogen) atoms. The van der Waals surface area contributed by atoms with E-state index in [0.717, 1.165) is 11.1 Å². The van der Waals surface area contributed by atoms with Crippen LogP contribution in [0.1, 0.15) is 31.8 Å². The van der Waals surface area contributed by atoms with Gasteiger partial charge in [-0.3, -0.25) is 8.42 Å². The molecule has 0 aromatic heterocycles. The van der Waals surface area contributed by atoms with E-state index in [1.165, 1.54) is 0 Å². The molecule has 0 spiro atoms. The van der Waals surface area contributed by atoms with E-state index in [2.05, 4.69) is 0 Å². The maximum Gasteiger partial charge on any atom is 0.338 e. The lowest BCUT2D eigenvalue weighted by Gasteiger charge is -2.08. The summed E-state index contributed by atoms with van der Waals surface area (Å²) in [4.78, 5) is 25.6. The predicted octanol–water partition coefficient (Wildman–Crippen LogP) is 3.88. The zero-order valence-electron chi connectivity index (χ0n) is 17.6. The molecule has 3 aromatic rings. The Kier molecular flexibility index (Phi) is 8.08. The molecular weight excluding hydrogens is 448 g/mol. The van der Waals surface area contributed by atoms with Gasteiger partial charge in [0.05, 0.1) is 11.1 Å². The second-order valence-electron chi connectivity index (χ2n) is 6.93. The standard InChI is InChI=1S/C24H22O6S2/c1-31(27)21-11-7-19(8-12-21)23(25)29-15-17-3-5-18(6-4-17)16-30-24(26)20-9-13-22(14-10-20)32(2)28/h3-14H,15-16H2,1-2H3/t31-,32-/m0/s1. The minimum atomic E-state index is -1.10. The first-order valence-electron chi connectivity index (χ1n) is 9.62. The van der Waals surface area contributed by atoms with Gasteiger partial charge in [-0.05, 0) is 59.7 Å². The van der Waals surface area contributed by atoms with Crippen molar-refractivity contribution in [3.05, 3.63) is 95.1 Å². The Balaban J connectivity index is 1.49. The fraction of sp³-hybridized carbons (Fsp3) is 0.167. The van der Waals surface area contributed by atoms with E-state index in [0.29, 0.717) is 20.9 Å². The molecule has 0 fully saturated rings. The van der Waals surface area contributed by atoms with E-state index < -0.39 is 33.5 Å². The Bertz CT molecular complexity index is 1040. The minimum absolute atomic E-state index is 0.103. The normalized spacial score (nSPS) is 12.6. The van der Waals surface area contributed by atoms with E-state index in [4.69, 9.17) is 9.47 Å². The van der Waals surface area contributed by atoms with Crippen LogP contribution in [0.15, 0.2) is 82.6 Å².